The van der Waals surface area contributed by atoms with Crippen LogP contribution in [0.5, 0.6) is 5.75 Å². The zero-order valence-electron chi connectivity index (χ0n) is 10.7. The molecule has 1 fully saturated rings. The van der Waals surface area contributed by atoms with Gasteiger partial charge in [0, 0.05) is 18.2 Å². The first-order chi connectivity index (χ1) is 9.06. The van der Waals surface area contributed by atoms with E-state index in [0.717, 1.165) is 25.8 Å². The molecule has 1 saturated heterocycles. The fourth-order valence-corrected chi connectivity index (χ4v) is 2.60. The summed E-state index contributed by atoms with van der Waals surface area (Å²) < 4.78 is 13.2. The Kier molecular flexibility index (Phi) is 4.37. The summed E-state index contributed by atoms with van der Waals surface area (Å²) in [5.74, 6) is -1.15. The Morgan fingerprint density at radius 1 is 1.42 bits per heavy atom. The molecular formula is C14H18FNO3. The van der Waals surface area contributed by atoms with Gasteiger partial charge < -0.3 is 10.2 Å². The number of carbonyl (C=O) groups is 1. The highest BCUT2D eigenvalue weighted by molar-refractivity contribution is 5.67. The smallest absolute Gasteiger partial charge is 0.304 e. The van der Waals surface area contributed by atoms with Crippen molar-refractivity contribution in [2.45, 2.75) is 38.3 Å². The topological polar surface area (TPSA) is 60.8 Å². The van der Waals surface area contributed by atoms with Crippen molar-refractivity contribution in [1.29, 1.82) is 0 Å². The molecule has 0 bridgehead atoms. The van der Waals surface area contributed by atoms with E-state index in [1.54, 1.807) is 0 Å². The van der Waals surface area contributed by atoms with E-state index in [0.29, 0.717) is 12.1 Å². The van der Waals surface area contributed by atoms with Crippen molar-refractivity contribution in [2.24, 2.45) is 0 Å². The van der Waals surface area contributed by atoms with Crippen molar-refractivity contribution in [3.63, 3.8) is 0 Å². The fourth-order valence-electron chi connectivity index (χ4n) is 2.60. The average Bonchev–Trinajstić information content (AvgIpc) is 2.35. The number of phenols is 1. The standard InChI is InChI=1S/C14H18FNO3/c15-11-4-5-13(17)10(7-11)9-16-6-2-1-3-12(16)8-14(18)19/h4-5,7,12,17H,1-3,6,8-9H2,(H,18,19). The second kappa shape index (κ2) is 6.02. The van der Waals surface area contributed by atoms with Gasteiger partial charge >= 0.3 is 5.97 Å². The number of piperidine rings is 1. The van der Waals surface area contributed by atoms with Gasteiger partial charge in [-0.25, -0.2) is 4.39 Å². The average molecular weight is 267 g/mol. The molecule has 0 amide bonds. The normalized spacial score (nSPS) is 20.4. The van der Waals surface area contributed by atoms with Gasteiger partial charge in [0.2, 0.25) is 0 Å². The lowest BCUT2D eigenvalue weighted by molar-refractivity contribution is -0.138. The number of hydrogen-bond donors (Lipinski definition) is 2. The third-order valence-corrected chi connectivity index (χ3v) is 3.57. The molecule has 5 heteroatoms. The number of rotatable bonds is 4. The molecule has 1 atom stereocenters. The second-order valence-corrected chi connectivity index (χ2v) is 4.99. The molecule has 0 spiro atoms. The zero-order valence-corrected chi connectivity index (χ0v) is 10.7. The Balaban J connectivity index is 2.10. The van der Waals surface area contributed by atoms with Gasteiger partial charge in [-0.1, -0.05) is 6.42 Å². The highest BCUT2D eigenvalue weighted by Gasteiger charge is 2.25. The summed E-state index contributed by atoms with van der Waals surface area (Å²) in [5.41, 5.74) is 0.511. The predicted octanol–water partition coefficient (Wildman–Crippen LogP) is 2.36. The minimum Gasteiger partial charge on any atom is -0.508 e. The number of benzene rings is 1. The molecule has 0 saturated carbocycles. The van der Waals surface area contributed by atoms with Gasteiger partial charge in [-0.2, -0.15) is 0 Å². The lowest BCUT2D eigenvalue weighted by Gasteiger charge is -2.35. The largest absolute Gasteiger partial charge is 0.508 e. The third-order valence-electron chi connectivity index (χ3n) is 3.57. The van der Waals surface area contributed by atoms with Gasteiger partial charge in [0.1, 0.15) is 11.6 Å². The van der Waals surface area contributed by atoms with Crippen LogP contribution in [0.3, 0.4) is 0 Å². The quantitative estimate of drug-likeness (QED) is 0.879. The number of hydrogen-bond acceptors (Lipinski definition) is 3. The van der Waals surface area contributed by atoms with E-state index in [9.17, 15) is 14.3 Å². The van der Waals surface area contributed by atoms with Crippen LogP contribution in [-0.2, 0) is 11.3 Å². The van der Waals surface area contributed by atoms with E-state index in [4.69, 9.17) is 5.11 Å². The third kappa shape index (κ3) is 3.67. The summed E-state index contributed by atoms with van der Waals surface area (Å²) in [7, 11) is 0. The molecule has 0 aliphatic carbocycles. The van der Waals surface area contributed by atoms with E-state index in [1.165, 1.54) is 18.2 Å². The predicted molar refractivity (Wildman–Crippen MR) is 68.4 cm³/mol. The molecule has 0 aromatic heterocycles. The summed E-state index contributed by atoms with van der Waals surface area (Å²) in [4.78, 5) is 12.9. The van der Waals surface area contributed by atoms with E-state index in [2.05, 4.69) is 0 Å². The summed E-state index contributed by atoms with van der Waals surface area (Å²) in [5, 5.41) is 18.6. The molecule has 1 unspecified atom stereocenters. The molecule has 0 radical (unpaired) electrons. The Morgan fingerprint density at radius 3 is 2.95 bits per heavy atom. The van der Waals surface area contributed by atoms with Crippen LogP contribution in [0.2, 0.25) is 0 Å². The molecule has 19 heavy (non-hydrogen) atoms. The van der Waals surface area contributed by atoms with Crippen molar-refractivity contribution in [1.82, 2.24) is 4.90 Å². The first kappa shape index (κ1) is 13.8. The Hall–Kier alpha value is -1.62. The maximum atomic E-state index is 13.2. The number of nitrogens with zero attached hydrogens (tertiary/aromatic N) is 1. The van der Waals surface area contributed by atoms with Gasteiger partial charge in [0.15, 0.2) is 0 Å². The van der Waals surface area contributed by atoms with Crippen molar-refractivity contribution in [2.75, 3.05) is 6.54 Å². The minimum absolute atomic E-state index is 0.0334. The van der Waals surface area contributed by atoms with E-state index in [-0.39, 0.29) is 24.0 Å². The number of aromatic hydroxyl groups is 1. The summed E-state index contributed by atoms with van der Waals surface area (Å²) in [6.45, 7) is 1.18. The monoisotopic (exact) mass is 267 g/mol. The van der Waals surface area contributed by atoms with Crippen LogP contribution in [0.25, 0.3) is 0 Å². The molecule has 2 rings (SSSR count). The van der Waals surface area contributed by atoms with Gasteiger partial charge in [-0.05, 0) is 37.6 Å². The van der Waals surface area contributed by atoms with Gasteiger partial charge in [0.25, 0.3) is 0 Å². The highest BCUT2D eigenvalue weighted by Crippen LogP contribution is 2.25. The first-order valence-electron chi connectivity index (χ1n) is 6.49. The Labute approximate surface area is 111 Å². The molecule has 1 aromatic carbocycles. The molecular weight excluding hydrogens is 249 g/mol. The van der Waals surface area contributed by atoms with Crippen LogP contribution in [-0.4, -0.2) is 33.7 Å². The zero-order chi connectivity index (χ0) is 13.8. The number of likely N-dealkylation sites (tertiary alicyclic amines) is 1. The molecule has 1 aliphatic rings. The first-order valence-corrected chi connectivity index (χ1v) is 6.49. The summed E-state index contributed by atoms with van der Waals surface area (Å²) in [6.07, 6.45) is 2.95. The number of aliphatic carboxylic acids is 1. The second-order valence-electron chi connectivity index (χ2n) is 4.99. The molecule has 4 nitrogen and oxygen atoms in total. The van der Waals surface area contributed by atoms with Crippen LogP contribution in [0, 0.1) is 5.82 Å². The lowest BCUT2D eigenvalue weighted by atomic mass is 9.98. The van der Waals surface area contributed by atoms with E-state index >= 15 is 0 Å². The SMILES string of the molecule is O=C(O)CC1CCCCN1Cc1cc(F)ccc1O. The lowest BCUT2D eigenvalue weighted by Crippen LogP contribution is -2.40. The number of phenolic OH excluding ortho intramolecular Hbond substituents is 1. The Bertz CT molecular complexity index is 464. The van der Waals surface area contributed by atoms with E-state index < -0.39 is 5.97 Å². The molecule has 2 N–H and O–H groups in total. The van der Waals surface area contributed by atoms with Crippen molar-refractivity contribution < 1.29 is 19.4 Å². The number of carboxylic acid groups (broad SMARTS) is 1. The van der Waals surface area contributed by atoms with Crippen molar-refractivity contribution >= 4 is 5.97 Å². The highest BCUT2D eigenvalue weighted by atomic mass is 19.1. The van der Waals surface area contributed by atoms with Gasteiger partial charge in [0.05, 0.1) is 6.42 Å². The minimum atomic E-state index is -0.819. The molecule has 1 aromatic rings. The van der Waals surface area contributed by atoms with Crippen LogP contribution < -0.4 is 0 Å². The molecule has 1 heterocycles. The summed E-state index contributed by atoms with van der Waals surface area (Å²) in [6, 6.07) is 3.82. The summed E-state index contributed by atoms with van der Waals surface area (Å²) >= 11 is 0. The number of halogens is 1. The van der Waals surface area contributed by atoms with Gasteiger partial charge in [-0.3, -0.25) is 9.69 Å². The maximum absolute atomic E-state index is 13.2. The van der Waals surface area contributed by atoms with Crippen LogP contribution >= 0.6 is 0 Å². The van der Waals surface area contributed by atoms with Crippen molar-refractivity contribution in [3.05, 3.63) is 29.6 Å². The molecule has 1 aliphatic heterocycles. The number of carboxylic acids is 1. The Morgan fingerprint density at radius 2 is 2.21 bits per heavy atom. The van der Waals surface area contributed by atoms with E-state index in [1.807, 2.05) is 4.90 Å². The fraction of sp³-hybridized carbons (Fsp3) is 0.500. The van der Waals surface area contributed by atoms with Crippen LogP contribution in [0.15, 0.2) is 18.2 Å². The van der Waals surface area contributed by atoms with Crippen molar-refractivity contribution in [3.8, 4) is 5.75 Å². The van der Waals surface area contributed by atoms with Gasteiger partial charge in [-0.15, -0.1) is 0 Å². The van der Waals surface area contributed by atoms with Crippen LogP contribution in [0.1, 0.15) is 31.2 Å². The van der Waals surface area contributed by atoms with Crippen LogP contribution in [0.4, 0.5) is 4.39 Å². The molecule has 104 valence electrons. The maximum Gasteiger partial charge on any atom is 0.304 e.